The third-order valence-electron chi connectivity index (χ3n) is 4.89. The highest BCUT2D eigenvalue weighted by molar-refractivity contribution is 6.08. The summed E-state index contributed by atoms with van der Waals surface area (Å²) >= 11 is 0. The molecule has 0 spiro atoms. The average molecular weight is 410 g/mol. The number of alkyl halides is 1. The van der Waals surface area contributed by atoms with Crippen molar-refractivity contribution < 1.29 is 14.3 Å². The molecule has 6 nitrogen and oxygen atoms in total. The van der Waals surface area contributed by atoms with Gasteiger partial charge in [0.05, 0.1) is 28.1 Å². The molecule has 0 aliphatic rings. The Balaban J connectivity index is 2.26. The fraction of sp³-hybridized carbons (Fsp3) is 0.348. The highest BCUT2D eigenvalue weighted by Crippen LogP contribution is 2.34. The first-order chi connectivity index (χ1) is 14.1. The summed E-state index contributed by atoms with van der Waals surface area (Å²) < 4.78 is 14.7. The molecule has 2 heterocycles. The first kappa shape index (κ1) is 21.6. The maximum atomic E-state index is 14.7. The van der Waals surface area contributed by atoms with Crippen LogP contribution in [0.4, 0.5) is 10.1 Å². The second kappa shape index (κ2) is 8.36. The molecular formula is C23H27FN4O2. The summed E-state index contributed by atoms with van der Waals surface area (Å²) in [7, 11) is 0. The number of aliphatic hydroxyl groups is 1. The van der Waals surface area contributed by atoms with Crippen LogP contribution in [0.1, 0.15) is 43.7 Å². The van der Waals surface area contributed by atoms with Crippen LogP contribution >= 0.6 is 0 Å². The molecule has 158 valence electrons. The molecule has 0 aliphatic carbocycles. The van der Waals surface area contributed by atoms with E-state index in [1.807, 2.05) is 44.2 Å². The highest BCUT2D eigenvalue weighted by atomic mass is 19.1. The number of primary amides is 1. The first-order valence-electron chi connectivity index (χ1n) is 9.87. The number of hydrogen-bond donors (Lipinski definition) is 3. The number of amides is 1. The predicted molar refractivity (Wildman–Crippen MR) is 117 cm³/mol. The zero-order chi connectivity index (χ0) is 22.1. The van der Waals surface area contributed by atoms with E-state index in [0.29, 0.717) is 16.6 Å². The Bertz CT molecular complexity index is 1060. The van der Waals surface area contributed by atoms with Gasteiger partial charge in [-0.2, -0.15) is 0 Å². The lowest BCUT2D eigenvalue weighted by atomic mass is 9.94. The van der Waals surface area contributed by atoms with Gasteiger partial charge in [0.15, 0.2) is 0 Å². The maximum Gasteiger partial charge on any atom is 0.252 e. The molecule has 2 aromatic heterocycles. The van der Waals surface area contributed by atoms with E-state index < -0.39 is 17.7 Å². The Labute approximate surface area is 175 Å². The smallest absolute Gasteiger partial charge is 0.252 e. The highest BCUT2D eigenvalue weighted by Gasteiger charge is 2.30. The molecule has 1 unspecified atom stereocenters. The Morgan fingerprint density at radius 2 is 1.87 bits per heavy atom. The molecule has 30 heavy (non-hydrogen) atoms. The average Bonchev–Trinajstić information content (AvgIpc) is 2.67. The van der Waals surface area contributed by atoms with Gasteiger partial charge in [0.25, 0.3) is 5.91 Å². The van der Waals surface area contributed by atoms with E-state index in [0.717, 1.165) is 11.1 Å². The summed E-state index contributed by atoms with van der Waals surface area (Å²) in [6, 6.07) is 9.47. The Morgan fingerprint density at radius 1 is 1.20 bits per heavy atom. The molecule has 7 heteroatoms. The number of fused-ring (bicyclic) bond motifs is 1. The molecular weight excluding hydrogens is 383 g/mol. The van der Waals surface area contributed by atoms with Crippen molar-refractivity contribution in [2.45, 2.75) is 51.9 Å². The van der Waals surface area contributed by atoms with E-state index in [4.69, 9.17) is 5.73 Å². The van der Waals surface area contributed by atoms with Crippen molar-refractivity contribution in [2.75, 3.05) is 5.32 Å². The SMILES string of the molecule is CC(C)Nc1c(C(N)=O)c(CC(F)C(C)(C)O)nc2ccc(-c3ccncc3)cc12. The minimum Gasteiger partial charge on any atom is -0.387 e. The van der Waals surface area contributed by atoms with Gasteiger partial charge in [-0.3, -0.25) is 14.8 Å². The molecule has 0 fully saturated rings. The number of benzene rings is 1. The number of pyridine rings is 2. The third kappa shape index (κ3) is 4.57. The lowest BCUT2D eigenvalue weighted by Crippen LogP contribution is -2.35. The standard InChI is InChI=1S/C23H27FN4O2/c1-13(2)27-21-16-11-15(14-7-9-26-10-8-14)5-6-17(16)28-18(20(21)22(25)29)12-19(24)23(3,4)30/h5-11,13,19,30H,12H2,1-4H3,(H2,25,29)(H,27,28). The van der Waals surface area contributed by atoms with Gasteiger partial charge in [-0.1, -0.05) is 6.07 Å². The van der Waals surface area contributed by atoms with Crippen LogP contribution in [0.2, 0.25) is 0 Å². The summed E-state index contributed by atoms with van der Waals surface area (Å²) in [5.74, 6) is -0.695. The van der Waals surface area contributed by atoms with Gasteiger partial charge in [0.2, 0.25) is 0 Å². The molecule has 1 atom stereocenters. The fourth-order valence-electron chi connectivity index (χ4n) is 3.31. The number of hydrogen-bond acceptors (Lipinski definition) is 5. The fourth-order valence-corrected chi connectivity index (χ4v) is 3.31. The Morgan fingerprint density at radius 3 is 2.43 bits per heavy atom. The van der Waals surface area contributed by atoms with Crippen molar-refractivity contribution in [2.24, 2.45) is 5.73 Å². The number of rotatable bonds is 7. The van der Waals surface area contributed by atoms with Gasteiger partial charge in [-0.25, -0.2) is 4.39 Å². The Hall–Kier alpha value is -3.06. The van der Waals surface area contributed by atoms with Gasteiger partial charge in [0, 0.05) is 30.2 Å². The number of anilines is 1. The van der Waals surface area contributed by atoms with Crippen LogP contribution in [0, 0.1) is 0 Å². The molecule has 0 saturated heterocycles. The number of aromatic nitrogens is 2. The molecule has 1 amide bonds. The van der Waals surface area contributed by atoms with Crippen LogP contribution in [0.3, 0.4) is 0 Å². The second-order valence-electron chi connectivity index (χ2n) is 8.26. The molecule has 3 aromatic rings. The number of halogens is 1. The van der Waals surface area contributed by atoms with E-state index in [1.165, 1.54) is 13.8 Å². The first-order valence-corrected chi connectivity index (χ1v) is 9.87. The lowest BCUT2D eigenvalue weighted by molar-refractivity contribution is -0.00304. The molecule has 1 aromatic carbocycles. The van der Waals surface area contributed by atoms with Crippen molar-refractivity contribution in [3.05, 3.63) is 54.0 Å². The normalized spacial score (nSPS) is 12.9. The van der Waals surface area contributed by atoms with Crippen LogP contribution in [0.15, 0.2) is 42.7 Å². The van der Waals surface area contributed by atoms with Gasteiger partial charge in [-0.15, -0.1) is 0 Å². The maximum absolute atomic E-state index is 14.7. The van der Waals surface area contributed by atoms with Gasteiger partial charge < -0.3 is 16.2 Å². The zero-order valence-corrected chi connectivity index (χ0v) is 17.6. The monoisotopic (exact) mass is 410 g/mol. The molecule has 0 aliphatic heterocycles. The van der Waals surface area contributed by atoms with Crippen molar-refractivity contribution >= 4 is 22.5 Å². The second-order valence-corrected chi connectivity index (χ2v) is 8.26. The third-order valence-corrected chi connectivity index (χ3v) is 4.89. The van der Waals surface area contributed by atoms with E-state index in [2.05, 4.69) is 15.3 Å². The summed E-state index contributed by atoms with van der Waals surface area (Å²) in [4.78, 5) is 21.0. The molecule has 0 saturated carbocycles. The molecule has 0 bridgehead atoms. The lowest BCUT2D eigenvalue weighted by Gasteiger charge is -2.24. The number of nitrogens with zero attached hydrogens (tertiary/aromatic N) is 2. The summed E-state index contributed by atoms with van der Waals surface area (Å²) in [5.41, 5.74) is 7.55. The van der Waals surface area contributed by atoms with Crippen molar-refractivity contribution in [3.63, 3.8) is 0 Å². The summed E-state index contributed by atoms with van der Waals surface area (Å²) in [6.07, 6.45) is 1.59. The number of carbonyl (C=O) groups excluding carboxylic acids is 1. The minimum absolute atomic E-state index is 0.00147. The molecule has 3 rings (SSSR count). The molecule has 0 radical (unpaired) electrons. The van der Waals surface area contributed by atoms with Crippen LogP contribution in [0.25, 0.3) is 22.0 Å². The number of nitrogens with one attached hydrogen (secondary N) is 1. The molecule has 4 N–H and O–H groups in total. The topological polar surface area (TPSA) is 101 Å². The van der Waals surface area contributed by atoms with Crippen LogP contribution in [-0.4, -0.2) is 38.8 Å². The van der Waals surface area contributed by atoms with Crippen molar-refractivity contribution in [3.8, 4) is 11.1 Å². The summed E-state index contributed by atoms with van der Waals surface area (Å²) in [6.45, 7) is 6.66. The predicted octanol–water partition coefficient (Wildman–Crippen LogP) is 3.87. The van der Waals surface area contributed by atoms with Gasteiger partial charge in [0.1, 0.15) is 6.17 Å². The Kier molecular flexibility index (Phi) is 6.03. The van der Waals surface area contributed by atoms with Crippen LogP contribution < -0.4 is 11.1 Å². The minimum atomic E-state index is -1.61. The van der Waals surface area contributed by atoms with Gasteiger partial charge in [-0.05, 0) is 63.1 Å². The summed E-state index contributed by atoms with van der Waals surface area (Å²) in [5, 5.41) is 14.0. The quantitative estimate of drug-likeness (QED) is 0.549. The number of nitrogens with two attached hydrogens (primary N) is 1. The zero-order valence-electron chi connectivity index (χ0n) is 17.6. The van der Waals surface area contributed by atoms with Gasteiger partial charge >= 0.3 is 0 Å². The van der Waals surface area contributed by atoms with Crippen LogP contribution in [-0.2, 0) is 6.42 Å². The van der Waals surface area contributed by atoms with E-state index in [1.54, 1.807) is 12.4 Å². The number of carbonyl (C=O) groups is 1. The van der Waals surface area contributed by atoms with E-state index >= 15 is 0 Å². The van der Waals surface area contributed by atoms with E-state index in [-0.39, 0.29) is 23.7 Å². The van der Waals surface area contributed by atoms with Crippen LogP contribution in [0.5, 0.6) is 0 Å². The van der Waals surface area contributed by atoms with E-state index in [9.17, 15) is 14.3 Å². The largest absolute Gasteiger partial charge is 0.387 e. The van der Waals surface area contributed by atoms with Crippen molar-refractivity contribution in [1.29, 1.82) is 0 Å². The van der Waals surface area contributed by atoms with Crippen molar-refractivity contribution in [1.82, 2.24) is 9.97 Å².